The van der Waals surface area contributed by atoms with Crippen LogP contribution in [0.3, 0.4) is 0 Å². The van der Waals surface area contributed by atoms with Crippen molar-refractivity contribution in [2.75, 3.05) is 0 Å². The van der Waals surface area contributed by atoms with Crippen LogP contribution in [0.1, 0.15) is 37.0 Å². The van der Waals surface area contributed by atoms with Crippen LogP contribution in [0.2, 0.25) is 0 Å². The third-order valence-corrected chi connectivity index (χ3v) is 3.87. The summed E-state index contributed by atoms with van der Waals surface area (Å²) in [5.41, 5.74) is 8.21. The van der Waals surface area contributed by atoms with Crippen molar-refractivity contribution in [3.05, 3.63) is 47.4 Å². The summed E-state index contributed by atoms with van der Waals surface area (Å²) in [4.78, 5) is 15.7. The van der Waals surface area contributed by atoms with E-state index in [0.29, 0.717) is 22.9 Å². The minimum absolute atomic E-state index is 0.0554. The minimum atomic E-state index is -0.502. The zero-order chi connectivity index (χ0) is 18.8. The fourth-order valence-electron chi connectivity index (χ4n) is 2.73. The molecule has 0 saturated heterocycles. The number of hydrogen-bond donors (Lipinski definition) is 1. The number of aromatic nitrogens is 5. The quantitative estimate of drug-likeness (QED) is 0.755. The Morgan fingerprint density at radius 1 is 1.27 bits per heavy atom. The molecule has 8 nitrogen and oxygen atoms in total. The zero-order valence-electron chi connectivity index (χ0n) is 14.8. The molecule has 0 aliphatic carbocycles. The molecule has 26 heavy (non-hydrogen) atoms. The van der Waals surface area contributed by atoms with Gasteiger partial charge in [-0.25, -0.2) is 9.67 Å². The van der Waals surface area contributed by atoms with Gasteiger partial charge < -0.3 is 5.73 Å². The highest BCUT2D eigenvalue weighted by Crippen LogP contribution is 2.23. The van der Waals surface area contributed by atoms with Gasteiger partial charge in [0.05, 0.1) is 23.7 Å². The summed E-state index contributed by atoms with van der Waals surface area (Å²) in [6.07, 6.45) is -0.0554. The predicted octanol–water partition coefficient (Wildman–Crippen LogP) is 1.92. The molecule has 1 amide bonds. The lowest BCUT2D eigenvalue weighted by Gasteiger charge is -2.07. The van der Waals surface area contributed by atoms with Crippen LogP contribution >= 0.6 is 0 Å². The van der Waals surface area contributed by atoms with Gasteiger partial charge in [-0.3, -0.25) is 9.48 Å². The Morgan fingerprint density at radius 2 is 1.96 bits per heavy atom. The number of carbonyl (C=O) groups is 1. The van der Waals surface area contributed by atoms with E-state index < -0.39 is 5.91 Å². The molecule has 2 heterocycles. The molecule has 0 radical (unpaired) electrons. The van der Waals surface area contributed by atoms with Crippen molar-refractivity contribution < 1.29 is 4.79 Å². The van der Waals surface area contributed by atoms with Gasteiger partial charge in [0.25, 0.3) is 0 Å². The van der Waals surface area contributed by atoms with E-state index >= 15 is 0 Å². The van der Waals surface area contributed by atoms with Crippen LogP contribution in [0, 0.1) is 18.3 Å². The highest BCUT2D eigenvalue weighted by Gasteiger charge is 2.19. The summed E-state index contributed by atoms with van der Waals surface area (Å²) < 4.78 is 3.52. The van der Waals surface area contributed by atoms with Crippen molar-refractivity contribution in [3.8, 4) is 23.3 Å². The first kappa shape index (κ1) is 17.4. The van der Waals surface area contributed by atoms with Crippen molar-refractivity contribution >= 4 is 5.91 Å². The van der Waals surface area contributed by atoms with Crippen LogP contribution in [-0.2, 0) is 11.2 Å². The molecule has 3 rings (SSSR count). The molecular formula is C18H19N7O. The number of aryl methyl sites for hydroxylation is 1. The molecule has 8 heteroatoms. The highest BCUT2D eigenvalue weighted by atomic mass is 16.1. The lowest BCUT2D eigenvalue weighted by molar-refractivity contribution is -0.117. The fraction of sp³-hybridized carbons (Fsp3) is 0.278. The molecule has 1 aromatic carbocycles. The van der Waals surface area contributed by atoms with Gasteiger partial charge in [0.1, 0.15) is 5.69 Å². The smallest absolute Gasteiger partial charge is 0.225 e. The summed E-state index contributed by atoms with van der Waals surface area (Å²) in [6, 6.07) is 11.2. The van der Waals surface area contributed by atoms with Gasteiger partial charge >= 0.3 is 0 Å². The Kier molecular flexibility index (Phi) is 4.54. The van der Waals surface area contributed by atoms with Gasteiger partial charge in [-0.05, 0) is 51.1 Å². The highest BCUT2D eigenvalue weighted by molar-refractivity contribution is 5.75. The van der Waals surface area contributed by atoms with Crippen LogP contribution in [0.15, 0.2) is 30.3 Å². The number of amides is 1. The van der Waals surface area contributed by atoms with E-state index in [2.05, 4.69) is 21.3 Å². The average Bonchev–Trinajstić information content (AvgIpc) is 3.18. The normalized spacial score (nSPS) is 10.9. The Hall–Kier alpha value is -3.47. The van der Waals surface area contributed by atoms with E-state index in [9.17, 15) is 4.79 Å². The average molecular weight is 349 g/mol. The van der Waals surface area contributed by atoms with Crippen LogP contribution < -0.4 is 5.73 Å². The van der Waals surface area contributed by atoms with Gasteiger partial charge in [0.15, 0.2) is 11.6 Å². The van der Waals surface area contributed by atoms with E-state index in [1.807, 2.05) is 31.5 Å². The van der Waals surface area contributed by atoms with Gasteiger partial charge in [-0.2, -0.15) is 15.5 Å². The Balaban J connectivity index is 2.13. The third-order valence-electron chi connectivity index (χ3n) is 3.87. The number of nitrogens with two attached hydrogens (primary N) is 1. The van der Waals surface area contributed by atoms with E-state index in [0.717, 1.165) is 11.4 Å². The number of nitriles is 1. The fourth-order valence-corrected chi connectivity index (χ4v) is 2.73. The van der Waals surface area contributed by atoms with Gasteiger partial charge in [0, 0.05) is 11.7 Å². The predicted molar refractivity (Wildman–Crippen MR) is 95.3 cm³/mol. The third kappa shape index (κ3) is 3.32. The Morgan fingerprint density at radius 3 is 2.50 bits per heavy atom. The van der Waals surface area contributed by atoms with Crippen molar-refractivity contribution in [1.82, 2.24) is 24.5 Å². The monoisotopic (exact) mass is 349 g/mol. The molecule has 3 aromatic rings. The summed E-state index contributed by atoms with van der Waals surface area (Å²) in [6.45, 7) is 6.07. The molecule has 0 unspecified atom stereocenters. The first-order valence-electron chi connectivity index (χ1n) is 8.20. The van der Waals surface area contributed by atoms with E-state index in [4.69, 9.17) is 11.0 Å². The second-order valence-corrected chi connectivity index (χ2v) is 6.27. The number of rotatable bonds is 5. The van der Waals surface area contributed by atoms with Crippen LogP contribution in [-0.4, -0.2) is 30.5 Å². The first-order chi connectivity index (χ1) is 12.4. The first-order valence-corrected chi connectivity index (χ1v) is 8.20. The topological polar surface area (TPSA) is 115 Å². The maximum atomic E-state index is 11.3. The summed E-state index contributed by atoms with van der Waals surface area (Å²) in [5, 5.41) is 18.0. The molecule has 2 N–H and O–H groups in total. The Labute approximate surface area is 150 Å². The lowest BCUT2D eigenvalue weighted by atomic mass is 10.2. The summed E-state index contributed by atoms with van der Waals surface area (Å²) >= 11 is 0. The molecule has 2 aromatic heterocycles. The van der Waals surface area contributed by atoms with Crippen LogP contribution in [0.5, 0.6) is 0 Å². The van der Waals surface area contributed by atoms with Crippen LogP contribution in [0.4, 0.5) is 0 Å². The summed E-state index contributed by atoms with van der Waals surface area (Å²) in [7, 11) is 0. The van der Waals surface area contributed by atoms with E-state index in [-0.39, 0.29) is 12.5 Å². The summed E-state index contributed by atoms with van der Waals surface area (Å²) in [5.74, 6) is 0.347. The van der Waals surface area contributed by atoms with Crippen molar-refractivity contribution in [2.24, 2.45) is 5.73 Å². The molecule has 0 saturated carbocycles. The number of carbonyl (C=O) groups excluding carboxylic acids is 1. The standard InChI is InChI=1S/C18H19N7O/c1-11(2)24-12(3)8-15(22-24)18-21-17(9-16(20)26)23-25(18)14-6-4-13(10-19)5-7-14/h4-8,11H,9H2,1-3H3,(H2,20,26). The molecule has 0 fully saturated rings. The van der Waals surface area contributed by atoms with Crippen molar-refractivity contribution in [3.63, 3.8) is 0 Å². The molecule has 132 valence electrons. The number of nitrogens with zero attached hydrogens (tertiary/aromatic N) is 6. The van der Waals surface area contributed by atoms with Gasteiger partial charge in [0.2, 0.25) is 5.91 Å². The maximum Gasteiger partial charge on any atom is 0.225 e. The number of primary amides is 1. The number of benzene rings is 1. The second-order valence-electron chi connectivity index (χ2n) is 6.27. The van der Waals surface area contributed by atoms with E-state index in [1.165, 1.54) is 0 Å². The Bertz CT molecular complexity index is 990. The molecule has 0 bridgehead atoms. The lowest BCUT2D eigenvalue weighted by Crippen LogP contribution is -2.14. The largest absolute Gasteiger partial charge is 0.369 e. The molecular weight excluding hydrogens is 330 g/mol. The second kappa shape index (κ2) is 6.80. The molecule has 0 aliphatic heterocycles. The van der Waals surface area contributed by atoms with Gasteiger partial charge in [-0.1, -0.05) is 0 Å². The molecule has 0 aliphatic rings. The van der Waals surface area contributed by atoms with Crippen molar-refractivity contribution in [2.45, 2.75) is 33.2 Å². The number of hydrogen-bond acceptors (Lipinski definition) is 5. The molecule has 0 spiro atoms. The minimum Gasteiger partial charge on any atom is -0.369 e. The van der Waals surface area contributed by atoms with Gasteiger partial charge in [-0.15, -0.1) is 0 Å². The molecule has 0 atom stereocenters. The zero-order valence-corrected chi connectivity index (χ0v) is 14.8. The van der Waals surface area contributed by atoms with Crippen LogP contribution in [0.25, 0.3) is 17.2 Å². The van der Waals surface area contributed by atoms with Crippen molar-refractivity contribution in [1.29, 1.82) is 5.26 Å². The SMILES string of the molecule is Cc1cc(-c2nc(CC(N)=O)nn2-c2ccc(C#N)cc2)nn1C(C)C. The van der Waals surface area contributed by atoms with E-state index in [1.54, 1.807) is 28.9 Å². The maximum absolute atomic E-state index is 11.3.